The number of carboxylic acids is 1. The summed E-state index contributed by atoms with van der Waals surface area (Å²) < 4.78 is 0. The molecule has 0 fully saturated rings. The number of carbonyl (C=O) groups is 2. The molecule has 0 aromatic heterocycles. The lowest BCUT2D eigenvalue weighted by molar-refractivity contribution is -0.384. The fraction of sp³-hybridized carbons (Fsp3) is 0.385. The molecule has 8 nitrogen and oxygen atoms in total. The second-order valence-electron chi connectivity index (χ2n) is 4.70. The zero-order chi connectivity index (χ0) is 16.0. The number of nitro groups is 1. The molecular formula is C13H17N3O5. The minimum absolute atomic E-state index is 0.207. The van der Waals surface area contributed by atoms with Crippen LogP contribution >= 0.6 is 0 Å². The third-order valence-corrected chi connectivity index (χ3v) is 2.76. The summed E-state index contributed by atoms with van der Waals surface area (Å²) in [7, 11) is 3.79. The van der Waals surface area contributed by atoms with Gasteiger partial charge in [0.1, 0.15) is 0 Å². The average Bonchev–Trinajstić information content (AvgIpc) is 2.42. The van der Waals surface area contributed by atoms with Crippen molar-refractivity contribution in [1.29, 1.82) is 0 Å². The standard InChI is InChI=1S/C13H17N3O5/c1-15(2)7-3-6-14-12(17)11-8-9(16(20)21)4-5-10(11)13(18)19/h4-5,8H,3,6-7H2,1-2H3,(H,14,17)(H,18,19). The van der Waals surface area contributed by atoms with Crippen LogP contribution in [0, 0.1) is 10.1 Å². The van der Waals surface area contributed by atoms with E-state index in [0.717, 1.165) is 24.7 Å². The summed E-state index contributed by atoms with van der Waals surface area (Å²) in [5.74, 6) is -1.93. The SMILES string of the molecule is CN(C)CCCNC(=O)c1cc([N+](=O)[O-])ccc1C(=O)O. The molecule has 0 spiro atoms. The Hall–Kier alpha value is -2.48. The maximum absolute atomic E-state index is 12.0. The van der Waals surface area contributed by atoms with Gasteiger partial charge in [0.25, 0.3) is 11.6 Å². The third-order valence-electron chi connectivity index (χ3n) is 2.76. The van der Waals surface area contributed by atoms with Crippen LogP contribution in [0.2, 0.25) is 0 Å². The van der Waals surface area contributed by atoms with Crippen molar-refractivity contribution >= 4 is 17.6 Å². The highest BCUT2D eigenvalue weighted by atomic mass is 16.6. The van der Waals surface area contributed by atoms with Gasteiger partial charge in [-0.25, -0.2) is 4.79 Å². The van der Waals surface area contributed by atoms with Gasteiger partial charge in [0.05, 0.1) is 16.1 Å². The highest BCUT2D eigenvalue weighted by molar-refractivity contribution is 6.05. The monoisotopic (exact) mass is 295 g/mol. The molecule has 0 aliphatic heterocycles. The van der Waals surface area contributed by atoms with Crippen LogP contribution < -0.4 is 5.32 Å². The summed E-state index contributed by atoms with van der Waals surface area (Å²) in [5, 5.41) is 22.3. The molecule has 8 heteroatoms. The molecule has 2 N–H and O–H groups in total. The van der Waals surface area contributed by atoms with Crippen molar-refractivity contribution in [2.24, 2.45) is 0 Å². The predicted molar refractivity (Wildman–Crippen MR) is 75.6 cm³/mol. The lowest BCUT2D eigenvalue weighted by Crippen LogP contribution is -2.28. The van der Waals surface area contributed by atoms with E-state index in [2.05, 4.69) is 5.32 Å². The first kappa shape index (κ1) is 16.6. The molecule has 21 heavy (non-hydrogen) atoms. The van der Waals surface area contributed by atoms with E-state index in [0.29, 0.717) is 13.0 Å². The number of nitrogens with one attached hydrogen (secondary N) is 1. The maximum Gasteiger partial charge on any atom is 0.336 e. The number of carboxylic acid groups (broad SMARTS) is 1. The second kappa shape index (κ2) is 7.34. The molecule has 0 aliphatic rings. The van der Waals surface area contributed by atoms with Crippen molar-refractivity contribution in [1.82, 2.24) is 10.2 Å². The molecule has 0 aliphatic carbocycles. The van der Waals surface area contributed by atoms with Gasteiger partial charge in [-0.15, -0.1) is 0 Å². The molecule has 0 atom stereocenters. The average molecular weight is 295 g/mol. The van der Waals surface area contributed by atoms with E-state index < -0.39 is 16.8 Å². The first-order valence-electron chi connectivity index (χ1n) is 6.27. The molecule has 1 amide bonds. The summed E-state index contributed by atoms with van der Waals surface area (Å²) in [6, 6.07) is 3.10. The van der Waals surface area contributed by atoms with E-state index in [4.69, 9.17) is 5.11 Å². The van der Waals surface area contributed by atoms with Crippen LogP contribution in [0.4, 0.5) is 5.69 Å². The number of rotatable bonds is 7. The van der Waals surface area contributed by atoms with Gasteiger partial charge in [-0.2, -0.15) is 0 Å². The number of carbonyl (C=O) groups excluding carboxylic acids is 1. The Morgan fingerprint density at radius 2 is 2.00 bits per heavy atom. The molecule has 0 radical (unpaired) electrons. The molecular weight excluding hydrogens is 278 g/mol. The van der Waals surface area contributed by atoms with Gasteiger partial charge in [0, 0.05) is 18.7 Å². The molecule has 1 aromatic rings. The Labute approximate surface area is 121 Å². The molecule has 114 valence electrons. The van der Waals surface area contributed by atoms with Crippen LogP contribution in [0.3, 0.4) is 0 Å². The smallest absolute Gasteiger partial charge is 0.336 e. The molecule has 0 saturated carbocycles. The Bertz CT molecular complexity index is 557. The Kier molecular flexibility index (Phi) is 5.79. The van der Waals surface area contributed by atoms with E-state index in [-0.39, 0.29) is 16.8 Å². The van der Waals surface area contributed by atoms with Crippen LogP contribution in [0.5, 0.6) is 0 Å². The van der Waals surface area contributed by atoms with E-state index >= 15 is 0 Å². The van der Waals surface area contributed by atoms with E-state index in [9.17, 15) is 19.7 Å². The summed E-state index contributed by atoms with van der Waals surface area (Å²) in [5.41, 5.74) is -0.786. The van der Waals surface area contributed by atoms with Gasteiger partial charge < -0.3 is 15.3 Å². The first-order valence-corrected chi connectivity index (χ1v) is 6.27. The topological polar surface area (TPSA) is 113 Å². The van der Waals surface area contributed by atoms with Crippen LogP contribution in [0.15, 0.2) is 18.2 Å². The maximum atomic E-state index is 12.0. The lowest BCUT2D eigenvalue weighted by Gasteiger charge is -2.10. The number of nitro benzene ring substituents is 1. The molecule has 0 heterocycles. The predicted octanol–water partition coefficient (Wildman–Crippen LogP) is 0.974. The van der Waals surface area contributed by atoms with E-state index in [1.165, 1.54) is 0 Å². The number of non-ortho nitro benzene ring substituents is 1. The minimum Gasteiger partial charge on any atom is -0.478 e. The third kappa shape index (κ3) is 4.84. The van der Waals surface area contributed by atoms with Crippen molar-refractivity contribution < 1.29 is 19.6 Å². The van der Waals surface area contributed by atoms with Crippen molar-refractivity contribution in [3.63, 3.8) is 0 Å². The number of hydrogen-bond donors (Lipinski definition) is 2. The Morgan fingerprint density at radius 3 is 2.52 bits per heavy atom. The van der Waals surface area contributed by atoms with Crippen LogP contribution in [0.1, 0.15) is 27.1 Å². The molecule has 1 aromatic carbocycles. The molecule has 1 rings (SSSR count). The van der Waals surface area contributed by atoms with Crippen molar-refractivity contribution in [3.05, 3.63) is 39.4 Å². The second-order valence-corrected chi connectivity index (χ2v) is 4.70. The van der Waals surface area contributed by atoms with Crippen LogP contribution in [-0.4, -0.2) is 54.0 Å². The summed E-state index contributed by atoms with van der Waals surface area (Å²) >= 11 is 0. The Morgan fingerprint density at radius 1 is 1.33 bits per heavy atom. The first-order chi connectivity index (χ1) is 9.82. The summed E-state index contributed by atoms with van der Waals surface area (Å²) in [4.78, 5) is 35.0. The van der Waals surface area contributed by atoms with Crippen molar-refractivity contribution in [3.8, 4) is 0 Å². The molecule has 0 unspecified atom stereocenters. The van der Waals surface area contributed by atoms with Crippen molar-refractivity contribution in [2.75, 3.05) is 27.2 Å². The molecule has 0 bridgehead atoms. The largest absolute Gasteiger partial charge is 0.478 e. The van der Waals surface area contributed by atoms with E-state index in [1.807, 2.05) is 19.0 Å². The fourth-order valence-corrected chi connectivity index (χ4v) is 1.71. The van der Waals surface area contributed by atoms with Crippen molar-refractivity contribution in [2.45, 2.75) is 6.42 Å². The van der Waals surface area contributed by atoms with Gasteiger partial charge >= 0.3 is 5.97 Å². The number of hydrogen-bond acceptors (Lipinski definition) is 5. The number of aromatic carboxylic acids is 1. The highest BCUT2D eigenvalue weighted by Crippen LogP contribution is 2.18. The van der Waals surface area contributed by atoms with E-state index in [1.54, 1.807) is 0 Å². The zero-order valence-corrected chi connectivity index (χ0v) is 11.8. The zero-order valence-electron chi connectivity index (χ0n) is 11.8. The highest BCUT2D eigenvalue weighted by Gasteiger charge is 2.20. The van der Waals surface area contributed by atoms with Crippen LogP contribution in [0.25, 0.3) is 0 Å². The van der Waals surface area contributed by atoms with Gasteiger partial charge in [-0.1, -0.05) is 0 Å². The molecule has 0 saturated heterocycles. The lowest BCUT2D eigenvalue weighted by atomic mass is 10.1. The number of benzene rings is 1. The van der Waals surface area contributed by atoms with Gasteiger partial charge in [0.2, 0.25) is 0 Å². The quantitative estimate of drug-likeness (QED) is 0.440. The van der Waals surface area contributed by atoms with Crippen LogP contribution in [-0.2, 0) is 0 Å². The number of nitrogens with zero attached hydrogens (tertiary/aromatic N) is 2. The Balaban J connectivity index is 2.87. The fourth-order valence-electron chi connectivity index (χ4n) is 1.71. The number of amides is 1. The van der Waals surface area contributed by atoms with Gasteiger partial charge in [0.15, 0.2) is 0 Å². The normalized spacial score (nSPS) is 10.4. The van der Waals surface area contributed by atoms with Gasteiger partial charge in [-0.05, 0) is 33.1 Å². The minimum atomic E-state index is -1.30. The summed E-state index contributed by atoms with van der Waals surface area (Å²) in [6.07, 6.45) is 0.691. The summed E-state index contributed by atoms with van der Waals surface area (Å²) in [6.45, 7) is 1.12. The van der Waals surface area contributed by atoms with Gasteiger partial charge in [-0.3, -0.25) is 14.9 Å².